The highest BCUT2D eigenvalue weighted by atomic mass is 79.9. The van der Waals surface area contributed by atoms with Crippen LogP contribution in [0.25, 0.3) is 0 Å². The smallest absolute Gasteiger partial charge is 0.119 e. The summed E-state index contributed by atoms with van der Waals surface area (Å²) in [7, 11) is 0. The zero-order valence-electron chi connectivity index (χ0n) is 11.0. The lowest BCUT2D eigenvalue weighted by molar-refractivity contribution is 0.278. The molecule has 1 aliphatic rings. The van der Waals surface area contributed by atoms with E-state index in [0.29, 0.717) is 5.41 Å². The Kier molecular flexibility index (Phi) is 5.07. The zero-order valence-corrected chi connectivity index (χ0v) is 12.6. The summed E-state index contributed by atoms with van der Waals surface area (Å²) in [5.74, 6) is 0.937. The van der Waals surface area contributed by atoms with Gasteiger partial charge in [-0.05, 0) is 42.5 Å². The summed E-state index contributed by atoms with van der Waals surface area (Å²) in [5, 5.41) is 3.52. The van der Waals surface area contributed by atoms with Crippen LogP contribution in [-0.4, -0.2) is 19.7 Å². The van der Waals surface area contributed by atoms with Crippen molar-refractivity contribution in [1.82, 2.24) is 5.32 Å². The van der Waals surface area contributed by atoms with Crippen LogP contribution in [0.1, 0.15) is 32.6 Å². The van der Waals surface area contributed by atoms with Gasteiger partial charge in [0.2, 0.25) is 0 Å². The Hall–Kier alpha value is -0.540. The summed E-state index contributed by atoms with van der Waals surface area (Å²) in [4.78, 5) is 0. The van der Waals surface area contributed by atoms with Crippen LogP contribution < -0.4 is 10.1 Å². The molecule has 1 aliphatic carbocycles. The molecule has 1 fully saturated rings. The van der Waals surface area contributed by atoms with E-state index in [0.717, 1.165) is 29.9 Å². The molecule has 0 unspecified atom stereocenters. The minimum Gasteiger partial charge on any atom is -0.492 e. The van der Waals surface area contributed by atoms with Crippen molar-refractivity contribution < 1.29 is 4.74 Å². The second kappa shape index (κ2) is 6.58. The van der Waals surface area contributed by atoms with Gasteiger partial charge in [-0.3, -0.25) is 0 Å². The maximum Gasteiger partial charge on any atom is 0.119 e. The maximum atomic E-state index is 5.68. The van der Waals surface area contributed by atoms with Crippen molar-refractivity contribution in [2.45, 2.75) is 32.6 Å². The molecule has 2 rings (SSSR count). The summed E-state index contributed by atoms with van der Waals surface area (Å²) in [6, 6.07) is 7.98. The molecule has 100 valence electrons. The number of nitrogens with one attached hydrogen (secondary N) is 1. The standard InChI is InChI=1S/C15H22BrNO/c1-15(8-2-3-9-15)12-17-10-11-18-14-6-4-13(16)5-7-14/h4-7,17H,2-3,8-12H2,1H3. The fraction of sp³-hybridized carbons (Fsp3) is 0.600. The lowest BCUT2D eigenvalue weighted by atomic mass is 9.89. The first-order chi connectivity index (χ1) is 8.68. The Balaban J connectivity index is 1.60. The molecule has 0 amide bonds. The zero-order chi connectivity index (χ0) is 12.8. The minimum absolute atomic E-state index is 0.525. The molecule has 0 atom stereocenters. The van der Waals surface area contributed by atoms with Gasteiger partial charge in [-0.15, -0.1) is 0 Å². The van der Waals surface area contributed by atoms with Gasteiger partial charge < -0.3 is 10.1 Å². The monoisotopic (exact) mass is 311 g/mol. The van der Waals surface area contributed by atoms with Gasteiger partial charge in [-0.1, -0.05) is 35.7 Å². The maximum absolute atomic E-state index is 5.68. The molecule has 0 saturated heterocycles. The van der Waals surface area contributed by atoms with Gasteiger partial charge in [0.15, 0.2) is 0 Å². The average molecular weight is 312 g/mol. The van der Waals surface area contributed by atoms with Crippen molar-refractivity contribution in [3.05, 3.63) is 28.7 Å². The SMILES string of the molecule is CC1(CNCCOc2ccc(Br)cc2)CCCC1. The molecule has 2 nitrogen and oxygen atoms in total. The van der Waals surface area contributed by atoms with Gasteiger partial charge in [0, 0.05) is 17.6 Å². The van der Waals surface area contributed by atoms with Crippen molar-refractivity contribution in [2.75, 3.05) is 19.7 Å². The van der Waals surface area contributed by atoms with Crippen molar-refractivity contribution in [2.24, 2.45) is 5.41 Å². The highest BCUT2D eigenvalue weighted by Gasteiger charge is 2.27. The molecule has 1 saturated carbocycles. The van der Waals surface area contributed by atoms with Crippen LogP contribution in [0.3, 0.4) is 0 Å². The van der Waals surface area contributed by atoms with Gasteiger partial charge >= 0.3 is 0 Å². The fourth-order valence-corrected chi connectivity index (χ4v) is 2.83. The number of benzene rings is 1. The summed E-state index contributed by atoms with van der Waals surface area (Å²) in [6.07, 6.45) is 5.53. The van der Waals surface area contributed by atoms with E-state index in [-0.39, 0.29) is 0 Å². The Labute approximate surface area is 118 Å². The molecule has 1 N–H and O–H groups in total. The van der Waals surface area contributed by atoms with Crippen molar-refractivity contribution >= 4 is 15.9 Å². The molecule has 0 heterocycles. The van der Waals surface area contributed by atoms with Crippen LogP contribution in [0.15, 0.2) is 28.7 Å². The third-order valence-corrected chi connectivity index (χ3v) is 4.25. The number of hydrogen-bond donors (Lipinski definition) is 1. The fourth-order valence-electron chi connectivity index (χ4n) is 2.57. The van der Waals surface area contributed by atoms with E-state index in [2.05, 4.69) is 28.2 Å². The van der Waals surface area contributed by atoms with Gasteiger partial charge in [0.05, 0.1) is 0 Å². The Bertz CT molecular complexity index is 357. The summed E-state index contributed by atoms with van der Waals surface area (Å²) < 4.78 is 6.76. The normalized spacial score (nSPS) is 17.9. The van der Waals surface area contributed by atoms with E-state index in [4.69, 9.17) is 4.74 Å². The number of rotatable bonds is 6. The van der Waals surface area contributed by atoms with Gasteiger partial charge in [-0.2, -0.15) is 0 Å². The molecule has 0 spiro atoms. The first kappa shape index (κ1) is 13.9. The Morgan fingerprint density at radius 1 is 1.22 bits per heavy atom. The summed E-state index contributed by atoms with van der Waals surface area (Å²) in [6.45, 7) is 5.17. The predicted molar refractivity (Wildman–Crippen MR) is 79.1 cm³/mol. The third kappa shape index (κ3) is 4.29. The first-order valence-electron chi connectivity index (χ1n) is 6.77. The predicted octanol–water partition coefficient (Wildman–Crippen LogP) is 4.00. The van der Waals surface area contributed by atoms with E-state index in [1.807, 2.05) is 24.3 Å². The topological polar surface area (TPSA) is 21.3 Å². The van der Waals surface area contributed by atoms with Crippen molar-refractivity contribution in [3.63, 3.8) is 0 Å². The van der Waals surface area contributed by atoms with Crippen LogP contribution in [0.5, 0.6) is 5.75 Å². The molecule has 0 aromatic heterocycles. The van der Waals surface area contributed by atoms with E-state index < -0.39 is 0 Å². The molecule has 0 aliphatic heterocycles. The highest BCUT2D eigenvalue weighted by Crippen LogP contribution is 2.36. The molecule has 3 heteroatoms. The van der Waals surface area contributed by atoms with Crippen LogP contribution >= 0.6 is 15.9 Å². The average Bonchev–Trinajstić information content (AvgIpc) is 2.78. The van der Waals surface area contributed by atoms with E-state index in [9.17, 15) is 0 Å². The van der Waals surface area contributed by atoms with E-state index >= 15 is 0 Å². The molecule has 0 bridgehead atoms. The Morgan fingerprint density at radius 2 is 1.89 bits per heavy atom. The number of ether oxygens (including phenoxy) is 1. The third-order valence-electron chi connectivity index (χ3n) is 3.72. The molecular formula is C15H22BrNO. The molecule has 1 aromatic carbocycles. The number of halogens is 1. The second-order valence-corrected chi connectivity index (χ2v) is 6.41. The summed E-state index contributed by atoms with van der Waals surface area (Å²) >= 11 is 3.41. The van der Waals surface area contributed by atoms with Gasteiger partial charge in [0.25, 0.3) is 0 Å². The van der Waals surface area contributed by atoms with Crippen molar-refractivity contribution in [1.29, 1.82) is 0 Å². The van der Waals surface area contributed by atoms with Crippen LogP contribution in [-0.2, 0) is 0 Å². The number of hydrogen-bond acceptors (Lipinski definition) is 2. The quantitative estimate of drug-likeness (QED) is 0.802. The van der Waals surface area contributed by atoms with Crippen LogP contribution in [0.2, 0.25) is 0 Å². The highest BCUT2D eigenvalue weighted by molar-refractivity contribution is 9.10. The minimum atomic E-state index is 0.525. The largest absolute Gasteiger partial charge is 0.492 e. The van der Waals surface area contributed by atoms with Gasteiger partial charge in [0.1, 0.15) is 12.4 Å². The van der Waals surface area contributed by atoms with Crippen molar-refractivity contribution in [3.8, 4) is 5.75 Å². The molecule has 18 heavy (non-hydrogen) atoms. The molecular weight excluding hydrogens is 290 g/mol. The van der Waals surface area contributed by atoms with E-state index in [1.54, 1.807) is 0 Å². The van der Waals surface area contributed by atoms with Crippen LogP contribution in [0, 0.1) is 5.41 Å². The van der Waals surface area contributed by atoms with E-state index in [1.165, 1.54) is 25.7 Å². The molecule has 0 radical (unpaired) electrons. The first-order valence-corrected chi connectivity index (χ1v) is 7.56. The van der Waals surface area contributed by atoms with Crippen LogP contribution in [0.4, 0.5) is 0 Å². The summed E-state index contributed by atoms with van der Waals surface area (Å²) in [5.41, 5.74) is 0.525. The van der Waals surface area contributed by atoms with Gasteiger partial charge in [-0.25, -0.2) is 0 Å². The Morgan fingerprint density at radius 3 is 2.56 bits per heavy atom. The lowest BCUT2D eigenvalue weighted by Gasteiger charge is -2.23. The lowest BCUT2D eigenvalue weighted by Crippen LogP contribution is -2.32. The second-order valence-electron chi connectivity index (χ2n) is 5.50. The molecule has 1 aromatic rings.